The van der Waals surface area contributed by atoms with Crippen LogP contribution in [0.5, 0.6) is 0 Å². The second-order valence-corrected chi connectivity index (χ2v) is 2.63. The van der Waals surface area contributed by atoms with E-state index < -0.39 is 0 Å². The third-order valence-corrected chi connectivity index (χ3v) is 1.48. The average Bonchev–Trinajstić information content (AvgIpc) is 2.14. The Bertz CT molecular complexity index is 207. The van der Waals surface area contributed by atoms with E-state index in [1.165, 1.54) is 0 Å². The Labute approximate surface area is 79.5 Å². The van der Waals surface area contributed by atoms with E-state index in [-0.39, 0.29) is 5.91 Å². The largest absolute Gasteiger partial charge is 0.381 e. The van der Waals surface area contributed by atoms with E-state index in [0.717, 1.165) is 6.42 Å². The average molecular weight is 183 g/mol. The summed E-state index contributed by atoms with van der Waals surface area (Å²) in [5.41, 5.74) is 0.669. The van der Waals surface area contributed by atoms with Crippen LogP contribution in [0, 0.1) is 0 Å². The number of allylic oxidation sites excluding steroid dienone is 1. The van der Waals surface area contributed by atoms with Gasteiger partial charge in [-0.05, 0) is 13.3 Å². The van der Waals surface area contributed by atoms with Crippen LogP contribution in [0.15, 0.2) is 23.9 Å². The lowest BCUT2D eigenvalue weighted by Gasteiger charge is -1.99. The number of methoxy groups -OCH3 is 1. The van der Waals surface area contributed by atoms with Gasteiger partial charge in [0.25, 0.3) is 5.91 Å². The van der Waals surface area contributed by atoms with Gasteiger partial charge in [-0.25, -0.2) is 0 Å². The highest BCUT2D eigenvalue weighted by Crippen LogP contribution is 1.92. The minimum Gasteiger partial charge on any atom is -0.381 e. The molecular weight excluding hydrogens is 166 g/mol. The summed E-state index contributed by atoms with van der Waals surface area (Å²) in [5.74, 6) is -0.0817. The van der Waals surface area contributed by atoms with Gasteiger partial charge in [-0.3, -0.25) is 4.79 Å². The van der Waals surface area contributed by atoms with E-state index in [4.69, 9.17) is 4.74 Å². The van der Waals surface area contributed by atoms with Gasteiger partial charge in [0.05, 0.1) is 6.61 Å². The summed E-state index contributed by atoms with van der Waals surface area (Å²) in [5, 5.41) is 2.65. The molecule has 0 aliphatic carbocycles. The van der Waals surface area contributed by atoms with Crippen LogP contribution < -0.4 is 5.32 Å². The smallest absolute Gasteiger partial charge is 0.250 e. The first-order valence-corrected chi connectivity index (χ1v) is 4.34. The lowest BCUT2D eigenvalue weighted by Crippen LogP contribution is -2.18. The number of carbonyl (C=O) groups is 1. The number of hydrogen-bond acceptors (Lipinski definition) is 2. The maximum atomic E-state index is 11.2. The molecule has 0 unspecified atom stereocenters. The third-order valence-electron chi connectivity index (χ3n) is 1.48. The number of carbonyl (C=O) groups excluding carboxylic acids is 1. The van der Waals surface area contributed by atoms with Gasteiger partial charge in [0.2, 0.25) is 0 Å². The highest BCUT2D eigenvalue weighted by molar-refractivity contribution is 5.93. The van der Waals surface area contributed by atoms with Gasteiger partial charge in [0.1, 0.15) is 0 Å². The lowest BCUT2D eigenvalue weighted by molar-refractivity contribution is -0.116. The molecule has 0 saturated carbocycles. The predicted octanol–water partition coefficient (Wildman–Crippen LogP) is 1.62. The van der Waals surface area contributed by atoms with Gasteiger partial charge in [0.15, 0.2) is 0 Å². The normalized spacial score (nSPS) is 12.1. The highest BCUT2D eigenvalue weighted by atomic mass is 16.5. The Morgan fingerprint density at radius 2 is 2.23 bits per heavy atom. The maximum absolute atomic E-state index is 11.2. The molecule has 0 heterocycles. The minimum atomic E-state index is -0.0817. The molecule has 0 aromatic heterocycles. The summed E-state index contributed by atoms with van der Waals surface area (Å²) in [6.07, 6.45) is 6.21. The molecule has 0 spiro atoms. The Morgan fingerprint density at radius 1 is 1.54 bits per heavy atom. The summed E-state index contributed by atoms with van der Waals surface area (Å²) in [4.78, 5) is 11.2. The molecule has 0 atom stereocenters. The molecule has 74 valence electrons. The quantitative estimate of drug-likeness (QED) is 0.658. The molecule has 1 N–H and O–H groups in total. The maximum Gasteiger partial charge on any atom is 0.250 e. The fourth-order valence-electron chi connectivity index (χ4n) is 0.667. The molecule has 0 aromatic carbocycles. The Kier molecular flexibility index (Phi) is 6.92. The van der Waals surface area contributed by atoms with E-state index in [1.54, 1.807) is 26.3 Å². The van der Waals surface area contributed by atoms with E-state index in [1.807, 2.05) is 13.0 Å². The highest BCUT2D eigenvalue weighted by Gasteiger charge is 1.99. The van der Waals surface area contributed by atoms with Crippen molar-refractivity contribution in [3.05, 3.63) is 23.9 Å². The van der Waals surface area contributed by atoms with Crippen LogP contribution in [-0.2, 0) is 9.53 Å². The van der Waals surface area contributed by atoms with Crippen molar-refractivity contribution in [3.63, 3.8) is 0 Å². The molecule has 0 radical (unpaired) electrons. The second-order valence-electron chi connectivity index (χ2n) is 2.63. The van der Waals surface area contributed by atoms with Gasteiger partial charge in [-0.2, -0.15) is 0 Å². The van der Waals surface area contributed by atoms with Crippen molar-refractivity contribution in [2.45, 2.75) is 20.3 Å². The van der Waals surface area contributed by atoms with Gasteiger partial charge in [-0.15, -0.1) is 0 Å². The number of amides is 1. The minimum absolute atomic E-state index is 0.0817. The molecule has 0 saturated heterocycles. The number of hydrogen-bond donors (Lipinski definition) is 1. The monoisotopic (exact) mass is 183 g/mol. The molecular formula is C10H17NO2. The molecule has 13 heavy (non-hydrogen) atoms. The lowest BCUT2D eigenvalue weighted by atomic mass is 10.3. The zero-order valence-electron chi connectivity index (χ0n) is 8.46. The van der Waals surface area contributed by atoms with Gasteiger partial charge in [-0.1, -0.05) is 19.1 Å². The zero-order chi connectivity index (χ0) is 10.1. The first-order chi connectivity index (χ1) is 6.22. The Morgan fingerprint density at radius 3 is 2.77 bits per heavy atom. The third kappa shape index (κ3) is 6.11. The van der Waals surface area contributed by atoms with E-state index in [9.17, 15) is 4.79 Å². The summed E-state index contributed by atoms with van der Waals surface area (Å²) in [7, 11) is 1.60. The van der Waals surface area contributed by atoms with Crippen LogP contribution in [0.2, 0.25) is 0 Å². The zero-order valence-corrected chi connectivity index (χ0v) is 8.46. The molecule has 0 aliphatic heterocycles. The summed E-state index contributed by atoms with van der Waals surface area (Å²) < 4.78 is 4.81. The molecule has 3 nitrogen and oxygen atoms in total. The number of rotatable bonds is 5. The van der Waals surface area contributed by atoms with E-state index >= 15 is 0 Å². The molecule has 0 bridgehead atoms. The molecule has 3 heteroatoms. The van der Waals surface area contributed by atoms with Gasteiger partial charge >= 0.3 is 0 Å². The second kappa shape index (κ2) is 7.55. The van der Waals surface area contributed by atoms with Gasteiger partial charge < -0.3 is 10.1 Å². The van der Waals surface area contributed by atoms with Crippen LogP contribution >= 0.6 is 0 Å². The fraction of sp³-hybridized carbons (Fsp3) is 0.500. The summed E-state index contributed by atoms with van der Waals surface area (Å²) in [6, 6.07) is 0. The molecule has 0 fully saturated rings. The SMILES string of the molecule is CC/C=C/NC(=O)/C(C)=C/COC. The van der Waals surface area contributed by atoms with E-state index in [2.05, 4.69) is 5.32 Å². The van der Waals surface area contributed by atoms with Crippen LogP contribution in [0.1, 0.15) is 20.3 Å². The first kappa shape index (κ1) is 11.9. The van der Waals surface area contributed by atoms with E-state index in [0.29, 0.717) is 12.2 Å². The van der Waals surface area contributed by atoms with Crippen LogP contribution in [0.3, 0.4) is 0 Å². The topological polar surface area (TPSA) is 38.3 Å². The molecule has 0 aliphatic rings. The van der Waals surface area contributed by atoms with Gasteiger partial charge in [0, 0.05) is 18.9 Å². The summed E-state index contributed by atoms with van der Waals surface area (Å²) >= 11 is 0. The molecule has 1 amide bonds. The first-order valence-electron chi connectivity index (χ1n) is 4.34. The van der Waals surface area contributed by atoms with Crippen LogP contribution in [0.25, 0.3) is 0 Å². The predicted molar refractivity (Wildman–Crippen MR) is 53.2 cm³/mol. The van der Waals surface area contributed by atoms with Crippen molar-refractivity contribution in [2.75, 3.05) is 13.7 Å². The van der Waals surface area contributed by atoms with Crippen LogP contribution in [-0.4, -0.2) is 19.6 Å². The fourth-order valence-corrected chi connectivity index (χ4v) is 0.667. The van der Waals surface area contributed by atoms with Crippen molar-refractivity contribution < 1.29 is 9.53 Å². The number of nitrogens with one attached hydrogen (secondary N) is 1. The number of ether oxygens (including phenoxy) is 1. The van der Waals surface area contributed by atoms with Crippen molar-refractivity contribution >= 4 is 5.91 Å². The Balaban J connectivity index is 3.89. The van der Waals surface area contributed by atoms with Crippen LogP contribution in [0.4, 0.5) is 0 Å². The van der Waals surface area contributed by atoms with Crippen molar-refractivity contribution in [2.24, 2.45) is 0 Å². The van der Waals surface area contributed by atoms with Crippen molar-refractivity contribution in [1.29, 1.82) is 0 Å². The Hall–Kier alpha value is -1.09. The molecule has 0 aromatic rings. The van der Waals surface area contributed by atoms with Crippen molar-refractivity contribution in [1.82, 2.24) is 5.32 Å². The summed E-state index contributed by atoms with van der Waals surface area (Å²) in [6.45, 7) is 4.24. The van der Waals surface area contributed by atoms with Crippen molar-refractivity contribution in [3.8, 4) is 0 Å². The molecule has 0 rings (SSSR count). The standard InChI is InChI=1S/C10H17NO2/c1-4-5-7-11-10(12)9(2)6-8-13-3/h5-7H,4,8H2,1-3H3,(H,11,12)/b7-5+,9-6+.